The van der Waals surface area contributed by atoms with E-state index < -0.39 is 32.7 Å². The van der Waals surface area contributed by atoms with Gasteiger partial charge in [-0.3, -0.25) is 4.79 Å². The maximum atomic E-state index is 12.8. The van der Waals surface area contributed by atoms with Crippen LogP contribution in [0.25, 0.3) is 0 Å². The Morgan fingerprint density at radius 2 is 1.74 bits per heavy atom. The largest absolute Gasteiger partial charge is 0.417 e. The molecule has 5 nitrogen and oxygen atoms in total. The molecule has 0 saturated carbocycles. The summed E-state index contributed by atoms with van der Waals surface area (Å²) < 4.78 is 64.0. The van der Waals surface area contributed by atoms with Gasteiger partial charge < -0.3 is 5.32 Å². The number of anilines is 1. The van der Waals surface area contributed by atoms with Gasteiger partial charge in [0.1, 0.15) is 0 Å². The summed E-state index contributed by atoms with van der Waals surface area (Å²) >= 11 is 5.53. The summed E-state index contributed by atoms with van der Waals surface area (Å²) in [6, 6.07) is 9.09. The number of nitrogens with one attached hydrogen (secondary N) is 2. The number of halogens is 4. The van der Waals surface area contributed by atoms with Crippen LogP contribution < -0.4 is 10.0 Å². The van der Waals surface area contributed by atoms with Crippen molar-refractivity contribution in [3.05, 3.63) is 58.6 Å². The summed E-state index contributed by atoms with van der Waals surface area (Å²) in [5.74, 6) is -0.475. The smallest absolute Gasteiger partial charge is 0.326 e. The lowest BCUT2D eigenvalue weighted by molar-refractivity contribution is -0.137. The average molecular weight is 421 g/mol. The first kappa shape index (κ1) is 21.2. The first-order valence-corrected chi connectivity index (χ1v) is 9.58. The summed E-state index contributed by atoms with van der Waals surface area (Å²) in [6.45, 7) is 0. The van der Waals surface area contributed by atoms with Gasteiger partial charge in [0, 0.05) is 12.1 Å². The standard InChI is InChI=1S/C17H16ClF3N2O3S/c1-22-27(25,26)13-6-2-11(3-7-13)4-9-16(24)23-12-5-8-15(18)14(10-12)17(19,20)21/h2-3,5-8,10,22H,4,9H2,1H3,(H,23,24). The third-order valence-electron chi connectivity index (χ3n) is 3.70. The van der Waals surface area contributed by atoms with Crippen molar-refractivity contribution < 1.29 is 26.4 Å². The van der Waals surface area contributed by atoms with Crippen LogP contribution in [0.1, 0.15) is 17.5 Å². The molecule has 0 aliphatic carbocycles. The molecule has 2 N–H and O–H groups in total. The Balaban J connectivity index is 1.99. The molecule has 0 saturated heterocycles. The van der Waals surface area contributed by atoms with Gasteiger partial charge in [-0.15, -0.1) is 0 Å². The predicted molar refractivity (Wildman–Crippen MR) is 96.1 cm³/mol. The maximum Gasteiger partial charge on any atom is 0.417 e. The molecule has 2 rings (SSSR count). The molecular weight excluding hydrogens is 405 g/mol. The number of carbonyl (C=O) groups is 1. The molecule has 2 aromatic carbocycles. The minimum Gasteiger partial charge on any atom is -0.326 e. The number of aryl methyl sites for hydroxylation is 1. The Kier molecular flexibility index (Phi) is 6.50. The fourth-order valence-corrected chi connectivity index (χ4v) is 3.21. The molecule has 1 amide bonds. The van der Waals surface area contributed by atoms with Crippen molar-refractivity contribution in [2.75, 3.05) is 12.4 Å². The number of amides is 1. The number of hydrogen-bond donors (Lipinski definition) is 2. The van der Waals surface area contributed by atoms with Crippen LogP contribution in [-0.2, 0) is 27.4 Å². The molecule has 10 heteroatoms. The van der Waals surface area contributed by atoms with E-state index in [0.717, 1.165) is 12.1 Å². The van der Waals surface area contributed by atoms with Crippen LogP contribution in [0.5, 0.6) is 0 Å². The highest BCUT2D eigenvalue weighted by molar-refractivity contribution is 7.89. The number of alkyl halides is 3. The van der Waals surface area contributed by atoms with Gasteiger partial charge in [0.25, 0.3) is 0 Å². The minimum absolute atomic E-state index is 0.00723. The van der Waals surface area contributed by atoms with Crippen molar-refractivity contribution in [1.82, 2.24) is 4.72 Å². The summed E-state index contributed by atoms with van der Waals surface area (Å²) in [6.07, 6.45) is -4.30. The molecule has 0 fully saturated rings. The second-order valence-electron chi connectivity index (χ2n) is 5.59. The van der Waals surface area contributed by atoms with E-state index in [4.69, 9.17) is 11.6 Å². The fraction of sp³-hybridized carbons (Fsp3) is 0.235. The molecular formula is C17H16ClF3N2O3S. The van der Waals surface area contributed by atoms with Crippen LogP contribution in [0.3, 0.4) is 0 Å². The van der Waals surface area contributed by atoms with Crippen LogP contribution >= 0.6 is 11.6 Å². The van der Waals surface area contributed by atoms with Crippen molar-refractivity contribution in [1.29, 1.82) is 0 Å². The van der Waals surface area contributed by atoms with Crippen molar-refractivity contribution in [2.24, 2.45) is 0 Å². The molecule has 0 spiro atoms. The molecule has 0 aliphatic rings. The van der Waals surface area contributed by atoms with Crippen LogP contribution in [-0.4, -0.2) is 21.4 Å². The molecule has 0 bridgehead atoms. The molecule has 0 aromatic heterocycles. The second kappa shape index (κ2) is 8.28. The lowest BCUT2D eigenvalue weighted by Crippen LogP contribution is -2.18. The number of benzene rings is 2. The summed E-state index contributed by atoms with van der Waals surface area (Å²) in [4.78, 5) is 12.1. The zero-order valence-corrected chi connectivity index (χ0v) is 15.7. The molecule has 2 aromatic rings. The number of hydrogen-bond acceptors (Lipinski definition) is 3. The Bertz CT molecular complexity index is 929. The zero-order valence-electron chi connectivity index (χ0n) is 14.1. The molecule has 146 valence electrons. The van der Waals surface area contributed by atoms with Crippen molar-refractivity contribution in [2.45, 2.75) is 23.9 Å². The highest BCUT2D eigenvalue weighted by Crippen LogP contribution is 2.36. The van der Waals surface area contributed by atoms with E-state index in [1.165, 1.54) is 25.2 Å². The summed E-state index contributed by atoms with van der Waals surface area (Å²) in [5.41, 5.74) is -0.317. The van der Waals surface area contributed by atoms with Gasteiger partial charge in [-0.05, 0) is 49.4 Å². The molecule has 0 atom stereocenters. The fourth-order valence-electron chi connectivity index (χ4n) is 2.25. The molecule has 27 heavy (non-hydrogen) atoms. The molecule has 0 unspecified atom stereocenters. The van der Waals surface area contributed by atoms with Crippen LogP contribution in [0.15, 0.2) is 47.4 Å². The van der Waals surface area contributed by atoms with Crippen LogP contribution in [0.4, 0.5) is 18.9 Å². The Morgan fingerprint density at radius 1 is 1.11 bits per heavy atom. The third kappa shape index (κ3) is 5.69. The van der Waals surface area contributed by atoms with Gasteiger partial charge in [0.05, 0.1) is 15.5 Å². The van der Waals surface area contributed by atoms with Crippen molar-refractivity contribution in [3.63, 3.8) is 0 Å². The first-order chi connectivity index (χ1) is 12.5. The topological polar surface area (TPSA) is 75.3 Å². The van der Waals surface area contributed by atoms with E-state index in [0.29, 0.717) is 12.0 Å². The summed E-state index contributed by atoms with van der Waals surface area (Å²) in [7, 11) is -2.24. The zero-order chi connectivity index (χ0) is 20.2. The number of rotatable bonds is 6. The van der Waals surface area contributed by atoms with Gasteiger partial charge in [-0.2, -0.15) is 13.2 Å². The monoisotopic (exact) mass is 420 g/mol. The van der Waals surface area contributed by atoms with E-state index in [2.05, 4.69) is 10.0 Å². The lowest BCUT2D eigenvalue weighted by atomic mass is 10.1. The lowest BCUT2D eigenvalue weighted by Gasteiger charge is -2.12. The maximum absolute atomic E-state index is 12.8. The third-order valence-corrected chi connectivity index (χ3v) is 5.46. The van der Waals surface area contributed by atoms with E-state index in [1.807, 2.05) is 0 Å². The average Bonchev–Trinajstić information content (AvgIpc) is 2.61. The second-order valence-corrected chi connectivity index (χ2v) is 7.89. The Labute approximate surface area is 159 Å². The van der Waals surface area contributed by atoms with Gasteiger partial charge in [-0.25, -0.2) is 13.1 Å². The van der Waals surface area contributed by atoms with Crippen LogP contribution in [0, 0.1) is 0 Å². The SMILES string of the molecule is CNS(=O)(=O)c1ccc(CCC(=O)Nc2ccc(Cl)c(C(F)(F)F)c2)cc1. The quantitative estimate of drug-likeness (QED) is 0.745. The highest BCUT2D eigenvalue weighted by atomic mass is 35.5. The van der Waals surface area contributed by atoms with Gasteiger partial charge in [0.2, 0.25) is 15.9 Å². The van der Waals surface area contributed by atoms with E-state index in [-0.39, 0.29) is 17.0 Å². The summed E-state index contributed by atoms with van der Waals surface area (Å²) in [5, 5.41) is 1.95. The number of carbonyl (C=O) groups excluding carboxylic acids is 1. The Hall–Kier alpha value is -2.10. The van der Waals surface area contributed by atoms with Crippen molar-refractivity contribution >= 4 is 33.2 Å². The Morgan fingerprint density at radius 3 is 2.30 bits per heavy atom. The van der Waals surface area contributed by atoms with E-state index >= 15 is 0 Å². The van der Waals surface area contributed by atoms with Gasteiger partial charge in [0.15, 0.2) is 0 Å². The number of sulfonamides is 1. The van der Waals surface area contributed by atoms with Gasteiger partial charge in [-0.1, -0.05) is 23.7 Å². The normalized spacial score (nSPS) is 12.0. The first-order valence-electron chi connectivity index (χ1n) is 7.72. The van der Waals surface area contributed by atoms with E-state index in [9.17, 15) is 26.4 Å². The van der Waals surface area contributed by atoms with Crippen molar-refractivity contribution in [3.8, 4) is 0 Å². The van der Waals surface area contributed by atoms with Gasteiger partial charge >= 0.3 is 6.18 Å². The van der Waals surface area contributed by atoms with E-state index in [1.54, 1.807) is 12.1 Å². The molecule has 0 radical (unpaired) electrons. The molecule has 0 heterocycles. The molecule has 0 aliphatic heterocycles. The minimum atomic E-state index is -4.62. The highest BCUT2D eigenvalue weighted by Gasteiger charge is 2.33. The predicted octanol–water partition coefficient (Wildman–Crippen LogP) is 3.84. The van der Waals surface area contributed by atoms with Crippen LogP contribution in [0.2, 0.25) is 5.02 Å².